The molecule has 0 unspecified atom stereocenters. The van der Waals surface area contributed by atoms with Gasteiger partial charge in [-0.05, 0) is 23.6 Å². The van der Waals surface area contributed by atoms with Crippen LogP contribution in [0.3, 0.4) is 0 Å². The summed E-state index contributed by atoms with van der Waals surface area (Å²) in [5, 5.41) is 9.37. The third-order valence-corrected chi connectivity index (χ3v) is 6.07. The monoisotopic (exact) mass is 499 g/mol. The average molecular weight is 500 g/mol. The molecule has 0 saturated heterocycles. The molecule has 0 fully saturated rings. The summed E-state index contributed by atoms with van der Waals surface area (Å²) in [6.45, 7) is -0.256. The Bertz CT molecular complexity index is 1540. The fraction of sp³-hybridized carbons (Fsp3) is 0.0769. The number of aromatic nitrogens is 4. The minimum absolute atomic E-state index is 0.171. The topological polar surface area (TPSA) is 111 Å². The van der Waals surface area contributed by atoms with Crippen LogP contribution in [-0.4, -0.2) is 39.4 Å². The molecule has 0 saturated carbocycles. The van der Waals surface area contributed by atoms with Gasteiger partial charge >= 0.3 is 0 Å². The van der Waals surface area contributed by atoms with E-state index in [1.165, 1.54) is 29.2 Å². The summed E-state index contributed by atoms with van der Waals surface area (Å²) in [5.41, 5.74) is 1.55. The molecule has 36 heavy (non-hydrogen) atoms. The Balaban J connectivity index is 1.47. The number of rotatable bonds is 8. The maximum atomic E-state index is 12.8. The highest BCUT2D eigenvalue weighted by atomic mass is 32.1. The molecule has 3 heterocycles. The van der Waals surface area contributed by atoms with Crippen LogP contribution in [0.2, 0.25) is 0 Å². The molecule has 9 nitrogen and oxygen atoms in total. The number of carbonyl (C=O) groups excluding carboxylic acids is 1. The van der Waals surface area contributed by atoms with E-state index >= 15 is 0 Å². The van der Waals surface area contributed by atoms with Crippen molar-refractivity contribution in [2.45, 2.75) is 0 Å². The molecule has 0 spiro atoms. The van der Waals surface area contributed by atoms with E-state index in [2.05, 4.69) is 20.4 Å². The number of aromatic amines is 1. The number of methoxy groups -OCH3 is 1. The molecule has 0 atom stereocenters. The van der Waals surface area contributed by atoms with Crippen molar-refractivity contribution in [3.63, 3.8) is 0 Å². The van der Waals surface area contributed by atoms with Crippen LogP contribution in [0.1, 0.15) is 0 Å². The Morgan fingerprint density at radius 3 is 2.53 bits per heavy atom. The highest BCUT2D eigenvalue weighted by Gasteiger charge is 2.17. The fourth-order valence-corrected chi connectivity index (χ4v) is 4.22. The first-order chi connectivity index (χ1) is 17.6. The Labute approximate surface area is 210 Å². The lowest BCUT2D eigenvalue weighted by Gasteiger charge is -2.11. The van der Waals surface area contributed by atoms with Gasteiger partial charge in [0.05, 0.1) is 17.7 Å². The van der Waals surface area contributed by atoms with Crippen molar-refractivity contribution >= 4 is 23.1 Å². The molecule has 0 aliphatic rings. The molecule has 0 aliphatic carbocycles. The number of nitrogens with one attached hydrogen (secondary N) is 2. The van der Waals surface area contributed by atoms with Crippen LogP contribution in [0.4, 0.5) is 5.82 Å². The van der Waals surface area contributed by atoms with Gasteiger partial charge in [0.1, 0.15) is 11.5 Å². The van der Waals surface area contributed by atoms with E-state index in [1.807, 2.05) is 53.9 Å². The van der Waals surface area contributed by atoms with Crippen molar-refractivity contribution in [2.24, 2.45) is 0 Å². The second kappa shape index (κ2) is 10.3. The standard InChI is InChI=1S/C26H21N5O4S/c1-34-20-10-5-6-11-21(20)35-16-25(33)28-23-14-19(22-12-7-13-36-22)30-31(23)26-27-18(15-24(32)29-26)17-8-3-2-4-9-17/h2-15H,16H2,1H3,(H,28,33)(H,27,29,32). The Hall–Kier alpha value is -4.70. The number of H-pyrrole nitrogens is 1. The van der Waals surface area contributed by atoms with Crippen molar-refractivity contribution in [3.8, 4) is 39.3 Å². The molecule has 5 rings (SSSR count). The third-order valence-electron chi connectivity index (χ3n) is 5.18. The molecule has 180 valence electrons. The summed E-state index contributed by atoms with van der Waals surface area (Å²) < 4.78 is 12.3. The van der Waals surface area contributed by atoms with Gasteiger partial charge in [-0.3, -0.25) is 14.6 Å². The first-order valence-electron chi connectivity index (χ1n) is 11.0. The van der Waals surface area contributed by atoms with Gasteiger partial charge in [-0.1, -0.05) is 48.5 Å². The second-order valence-electron chi connectivity index (χ2n) is 7.61. The van der Waals surface area contributed by atoms with Gasteiger partial charge in [-0.25, -0.2) is 4.98 Å². The molecule has 10 heteroatoms. The van der Waals surface area contributed by atoms with Crippen molar-refractivity contribution < 1.29 is 14.3 Å². The van der Waals surface area contributed by atoms with E-state index < -0.39 is 5.91 Å². The van der Waals surface area contributed by atoms with E-state index in [9.17, 15) is 9.59 Å². The molecule has 0 radical (unpaired) electrons. The van der Waals surface area contributed by atoms with Gasteiger partial charge < -0.3 is 14.8 Å². The van der Waals surface area contributed by atoms with Crippen LogP contribution in [0.25, 0.3) is 27.8 Å². The summed E-state index contributed by atoms with van der Waals surface area (Å²) in [6, 6.07) is 23.4. The second-order valence-corrected chi connectivity index (χ2v) is 8.56. The number of nitrogens with zero attached hydrogens (tertiary/aromatic N) is 3. The highest BCUT2D eigenvalue weighted by molar-refractivity contribution is 7.13. The quantitative estimate of drug-likeness (QED) is 0.328. The molecular formula is C26H21N5O4S. The number of ether oxygens (including phenoxy) is 2. The SMILES string of the molecule is COc1ccccc1OCC(=O)Nc1cc(-c2cccs2)nn1-c1nc(-c2ccccc2)cc(=O)[nH]1. The Morgan fingerprint density at radius 1 is 1.00 bits per heavy atom. The maximum Gasteiger partial charge on any atom is 0.263 e. The molecule has 2 N–H and O–H groups in total. The van der Waals surface area contributed by atoms with Crippen molar-refractivity contribution in [2.75, 3.05) is 19.0 Å². The van der Waals surface area contributed by atoms with Crippen molar-refractivity contribution in [3.05, 3.63) is 94.6 Å². The summed E-state index contributed by atoms with van der Waals surface area (Å²) in [4.78, 5) is 33.5. The van der Waals surface area contributed by atoms with Crippen molar-refractivity contribution in [1.29, 1.82) is 0 Å². The molecule has 5 aromatic rings. The lowest BCUT2D eigenvalue weighted by Crippen LogP contribution is -2.23. The molecule has 0 bridgehead atoms. The first kappa shape index (κ1) is 23.1. The van der Waals surface area contributed by atoms with Crippen LogP contribution in [0, 0.1) is 0 Å². The minimum Gasteiger partial charge on any atom is -0.493 e. The number of carbonyl (C=O) groups is 1. The van der Waals surface area contributed by atoms with Gasteiger partial charge in [-0.2, -0.15) is 9.78 Å². The van der Waals surface area contributed by atoms with E-state index in [0.29, 0.717) is 28.7 Å². The zero-order chi connectivity index (χ0) is 24.9. The van der Waals surface area contributed by atoms with E-state index in [-0.39, 0.29) is 18.1 Å². The molecule has 3 aromatic heterocycles. The Morgan fingerprint density at radius 2 is 1.78 bits per heavy atom. The van der Waals surface area contributed by atoms with E-state index in [4.69, 9.17) is 9.47 Å². The predicted octanol–water partition coefficient (Wildman–Crippen LogP) is 4.38. The number of hydrogen-bond acceptors (Lipinski definition) is 7. The van der Waals surface area contributed by atoms with Crippen molar-refractivity contribution in [1.82, 2.24) is 19.7 Å². The zero-order valence-corrected chi connectivity index (χ0v) is 20.0. The summed E-state index contributed by atoms with van der Waals surface area (Å²) in [6.07, 6.45) is 0. The smallest absolute Gasteiger partial charge is 0.263 e. The van der Waals surface area contributed by atoms with E-state index in [0.717, 1.165) is 10.4 Å². The summed E-state index contributed by atoms with van der Waals surface area (Å²) in [5.74, 6) is 1.06. The average Bonchev–Trinajstić information content (AvgIpc) is 3.58. The fourth-order valence-electron chi connectivity index (χ4n) is 3.54. The first-order valence-corrected chi connectivity index (χ1v) is 11.9. The normalized spacial score (nSPS) is 10.7. The number of thiophene rings is 1. The molecule has 2 aromatic carbocycles. The predicted molar refractivity (Wildman–Crippen MR) is 138 cm³/mol. The lowest BCUT2D eigenvalue weighted by molar-refractivity contribution is -0.118. The third kappa shape index (κ3) is 5.03. The van der Waals surface area contributed by atoms with Crippen LogP contribution in [0.15, 0.2) is 89.0 Å². The number of anilines is 1. The van der Waals surface area contributed by atoms with Crippen LogP contribution in [-0.2, 0) is 4.79 Å². The zero-order valence-electron chi connectivity index (χ0n) is 19.2. The van der Waals surface area contributed by atoms with E-state index in [1.54, 1.807) is 24.3 Å². The van der Waals surface area contributed by atoms with Crippen LogP contribution >= 0.6 is 11.3 Å². The van der Waals surface area contributed by atoms with Crippen LogP contribution < -0.4 is 20.3 Å². The number of amides is 1. The maximum absolute atomic E-state index is 12.8. The Kier molecular flexibility index (Phi) is 6.59. The summed E-state index contributed by atoms with van der Waals surface area (Å²) >= 11 is 1.51. The molecular weight excluding hydrogens is 478 g/mol. The van der Waals surface area contributed by atoms with Gasteiger partial charge in [0.2, 0.25) is 5.95 Å². The van der Waals surface area contributed by atoms with Gasteiger partial charge in [-0.15, -0.1) is 11.3 Å². The minimum atomic E-state index is -0.415. The van der Waals surface area contributed by atoms with Crippen LogP contribution in [0.5, 0.6) is 11.5 Å². The molecule has 1 amide bonds. The number of para-hydroxylation sites is 2. The van der Waals surface area contributed by atoms with Gasteiger partial charge in [0.15, 0.2) is 18.1 Å². The molecule has 0 aliphatic heterocycles. The highest BCUT2D eigenvalue weighted by Crippen LogP contribution is 2.28. The largest absolute Gasteiger partial charge is 0.493 e. The summed E-state index contributed by atoms with van der Waals surface area (Å²) in [7, 11) is 1.53. The van der Waals surface area contributed by atoms with Gasteiger partial charge in [0.25, 0.3) is 11.5 Å². The lowest BCUT2D eigenvalue weighted by atomic mass is 10.1. The number of benzene rings is 2. The number of hydrogen-bond donors (Lipinski definition) is 2. The van der Waals surface area contributed by atoms with Gasteiger partial charge in [0, 0.05) is 17.7 Å².